The number of piperidine rings is 1. The standard InChI is InChI=1S/C37H47ClN8O4/c1-37(2,3)32(39)22-34(42-24-11-13-28(38)31(21-24)49-20-19-47)44-36(48)43-29-14-15-30(27-10-6-5-9-26(27)29)50-25-12-16-33(40)46(23-25)35(41)45-17-7-4-8-18-45/h5-6,9-13,16,21-23,29-30,40-41,47H,4,7-8,14-15,17-20,39H2,1-3H3,(H2,42,43,44,48)/t29-,30+/m0/s1. The first kappa shape index (κ1) is 36.5. The van der Waals surface area contributed by atoms with Crippen molar-refractivity contribution in [3.05, 3.63) is 94.2 Å². The van der Waals surface area contributed by atoms with E-state index >= 15 is 0 Å². The van der Waals surface area contributed by atoms with Crippen molar-refractivity contribution < 1.29 is 19.4 Å². The van der Waals surface area contributed by atoms with Gasteiger partial charge in [-0.25, -0.2) is 9.79 Å². The number of benzene rings is 2. The number of ether oxygens (including phenoxy) is 2. The van der Waals surface area contributed by atoms with E-state index in [4.69, 9.17) is 42.7 Å². The molecule has 0 saturated carbocycles. The summed E-state index contributed by atoms with van der Waals surface area (Å²) in [5, 5.41) is 32.7. The molecular formula is C37H47ClN8O4. The number of nitrogens with two attached hydrogens (primary N) is 1. The number of aliphatic hydroxyl groups is 1. The van der Waals surface area contributed by atoms with E-state index in [2.05, 4.69) is 15.6 Å². The number of hydrogen-bond donors (Lipinski definition) is 6. The van der Waals surface area contributed by atoms with Gasteiger partial charge in [-0.1, -0.05) is 56.6 Å². The molecule has 0 unspecified atom stereocenters. The van der Waals surface area contributed by atoms with Gasteiger partial charge in [-0.3, -0.25) is 20.7 Å². The van der Waals surface area contributed by atoms with Gasteiger partial charge in [-0.15, -0.1) is 0 Å². The number of amidine groups is 1. The second-order valence-electron chi connectivity index (χ2n) is 13.5. The molecule has 12 nitrogen and oxygen atoms in total. The van der Waals surface area contributed by atoms with Crippen LogP contribution < -0.4 is 31.3 Å². The number of allylic oxidation sites excluding steroid dienone is 1. The highest BCUT2D eigenvalue weighted by Gasteiger charge is 2.30. The van der Waals surface area contributed by atoms with Gasteiger partial charge in [0.2, 0.25) is 5.96 Å². The molecule has 7 N–H and O–H groups in total. The minimum atomic E-state index is -0.449. The summed E-state index contributed by atoms with van der Waals surface area (Å²) in [6.45, 7) is 7.44. The predicted molar refractivity (Wildman–Crippen MR) is 195 cm³/mol. The molecule has 0 spiro atoms. The molecule has 1 saturated heterocycles. The minimum absolute atomic E-state index is 0.0763. The van der Waals surface area contributed by atoms with Gasteiger partial charge in [0.15, 0.2) is 0 Å². The SMILES string of the molecule is CC(C)(C)C(N)=CC(=Nc1ccc(Cl)c(OCCO)c1)NC(=O)N[C@H]1CC[C@@H](Oc2ccc(=N)n(C(=N)N3CCCCC3)c2)c2ccccc21. The zero-order chi connectivity index (χ0) is 35.8. The lowest BCUT2D eigenvalue weighted by atomic mass is 9.85. The number of aliphatic imine (C=N–C) groups is 1. The van der Waals surface area contributed by atoms with E-state index in [1.165, 1.54) is 0 Å². The molecule has 2 aromatic carbocycles. The van der Waals surface area contributed by atoms with E-state index in [1.54, 1.807) is 47.2 Å². The largest absolute Gasteiger partial charge is 0.490 e. The second kappa shape index (κ2) is 16.3. The van der Waals surface area contributed by atoms with Crippen LogP contribution in [0.15, 0.2) is 77.6 Å². The molecule has 1 aromatic heterocycles. The van der Waals surface area contributed by atoms with Crippen molar-refractivity contribution in [2.24, 2.45) is 16.1 Å². The van der Waals surface area contributed by atoms with Crippen LogP contribution in [-0.2, 0) is 0 Å². The molecule has 266 valence electrons. The molecule has 0 radical (unpaired) electrons. The number of nitrogens with zero attached hydrogens (tertiary/aromatic N) is 3. The number of fused-ring (bicyclic) bond motifs is 1. The molecule has 3 aromatic rings. The fraction of sp³-hybridized carbons (Fsp3) is 0.405. The van der Waals surface area contributed by atoms with Gasteiger partial charge >= 0.3 is 6.03 Å². The van der Waals surface area contributed by atoms with Crippen molar-refractivity contribution in [1.82, 2.24) is 20.1 Å². The molecule has 5 rings (SSSR count). The van der Waals surface area contributed by atoms with Crippen LogP contribution in [0.3, 0.4) is 0 Å². The summed E-state index contributed by atoms with van der Waals surface area (Å²) in [5.41, 5.74) is 9.14. The summed E-state index contributed by atoms with van der Waals surface area (Å²) in [7, 11) is 0. The second-order valence-corrected chi connectivity index (χ2v) is 13.9. The van der Waals surface area contributed by atoms with Gasteiger partial charge < -0.3 is 30.5 Å². The van der Waals surface area contributed by atoms with Crippen LogP contribution in [0.5, 0.6) is 11.5 Å². The first-order valence-electron chi connectivity index (χ1n) is 17.0. The Morgan fingerprint density at radius 2 is 1.84 bits per heavy atom. The van der Waals surface area contributed by atoms with Gasteiger partial charge in [0.05, 0.1) is 29.6 Å². The third-order valence-electron chi connectivity index (χ3n) is 8.74. The number of likely N-dealkylation sites (tertiary alicyclic amines) is 1. The average molecular weight is 703 g/mol. The monoisotopic (exact) mass is 702 g/mol. The lowest BCUT2D eigenvalue weighted by Crippen LogP contribution is -2.43. The van der Waals surface area contributed by atoms with Crippen LogP contribution >= 0.6 is 11.6 Å². The molecular weight excluding hydrogens is 656 g/mol. The molecule has 50 heavy (non-hydrogen) atoms. The Kier molecular flexibility index (Phi) is 11.9. The molecule has 2 amide bonds. The normalized spacial score (nSPS) is 18.2. The van der Waals surface area contributed by atoms with Crippen LogP contribution in [0.25, 0.3) is 0 Å². The lowest BCUT2D eigenvalue weighted by molar-refractivity contribution is 0.171. The zero-order valence-electron chi connectivity index (χ0n) is 28.8. The maximum absolute atomic E-state index is 13.5. The van der Waals surface area contributed by atoms with E-state index < -0.39 is 6.03 Å². The number of halogens is 1. The Labute approximate surface area is 298 Å². The van der Waals surface area contributed by atoms with Crippen molar-refractivity contribution >= 4 is 35.1 Å². The molecule has 13 heteroatoms. The van der Waals surface area contributed by atoms with Gasteiger partial charge in [-0.05, 0) is 67.5 Å². The third kappa shape index (κ3) is 9.25. The van der Waals surface area contributed by atoms with E-state index in [0.717, 1.165) is 43.5 Å². The number of carbonyl (C=O) groups is 1. The Bertz CT molecular complexity index is 1810. The predicted octanol–water partition coefficient (Wildman–Crippen LogP) is 6.13. The topological polar surface area (TPSA) is 174 Å². The lowest BCUT2D eigenvalue weighted by Gasteiger charge is -2.33. The Hall–Kier alpha value is -4.81. The van der Waals surface area contributed by atoms with Crippen LogP contribution in [0.4, 0.5) is 10.5 Å². The van der Waals surface area contributed by atoms with E-state index in [1.807, 2.05) is 49.9 Å². The van der Waals surface area contributed by atoms with Crippen LogP contribution in [0, 0.1) is 16.2 Å². The number of aromatic nitrogens is 1. The summed E-state index contributed by atoms with van der Waals surface area (Å²) >= 11 is 6.26. The quantitative estimate of drug-likeness (QED) is 0.122. The molecule has 1 fully saturated rings. The number of nitrogens with one attached hydrogen (secondary N) is 4. The summed E-state index contributed by atoms with van der Waals surface area (Å²) in [6, 6.07) is 15.5. The highest BCUT2D eigenvalue weighted by Crippen LogP contribution is 2.38. The number of pyridine rings is 1. The molecule has 2 heterocycles. The number of rotatable bonds is 8. The van der Waals surface area contributed by atoms with Crippen LogP contribution in [0.1, 0.15) is 76.1 Å². The van der Waals surface area contributed by atoms with Crippen molar-refractivity contribution in [3.8, 4) is 11.5 Å². The van der Waals surface area contributed by atoms with Gasteiger partial charge in [-0.2, -0.15) is 0 Å². The summed E-state index contributed by atoms with van der Waals surface area (Å²) in [5.74, 6) is 1.45. The molecule has 2 aliphatic rings. The number of aliphatic hydroxyl groups excluding tert-OH is 1. The minimum Gasteiger partial charge on any atom is -0.490 e. The number of amides is 2. The van der Waals surface area contributed by atoms with Crippen LogP contribution in [-0.4, -0.2) is 58.7 Å². The van der Waals surface area contributed by atoms with Gasteiger partial charge in [0, 0.05) is 36.3 Å². The Morgan fingerprint density at radius 3 is 2.56 bits per heavy atom. The zero-order valence-corrected chi connectivity index (χ0v) is 29.6. The molecule has 1 aliphatic carbocycles. The molecule has 1 aliphatic heterocycles. The van der Waals surface area contributed by atoms with Crippen molar-refractivity contribution in [1.29, 1.82) is 10.8 Å². The van der Waals surface area contributed by atoms with E-state index in [0.29, 0.717) is 40.7 Å². The van der Waals surface area contributed by atoms with E-state index in [-0.39, 0.29) is 48.1 Å². The Morgan fingerprint density at radius 1 is 1.10 bits per heavy atom. The van der Waals surface area contributed by atoms with Crippen LogP contribution in [0.2, 0.25) is 5.02 Å². The van der Waals surface area contributed by atoms with Gasteiger partial charge in [0.25, 0.3) is 0 Å². The molecule has 0 bridgehead atoms. The fourth-order valence-electron chi connectivity index (χ4n) is 5.91. The van der Waals surface area contributed by atoms with Crippen molar-refractivity contribution in [2.75, 3.05) is 26.3 Å². The van der Waals surface area contributed by atoms with Crippen molar-refractivity contribution in [3.63, 3.8) is 0 Å². The number of hydrogen-bond acceptors (Lipinski definition) is 8. The van der Waals surface area contributed by atoms with E-state index in [9.17, 15) is 4.79 Å². The highest BCUT2D eigenvalue weighted by molar-refractivity contribution is 6.32. The maximum Gasteiger partial charge on any atom is 0.320 e. The average Bonchev–Trinajstić information content (AvgIpc) is 3.10. The smallest absolute Gasteiger partial charge is 0.320 e. The summed E-state index contributed by atoms with van der Waals surface area (Å²) in [4.78, 5) is 20.2. The summed E-state index contributed by atoms with van der Waals surface area (Å²) < 4.78 is 13.6. The first-order chi connectivity index (χ1) is 23.9. The molecule has 2 atom stereocenters. The number of carbonyl (C=O) groups excluding carboxylic acids is 1. The summed E-state index contributed by atoms with van der Waals surface area (Å²) in [6.07, 6.45) is 7.57. The Balaban J connectivity index is 1.33. The number of urea groups is 1. The maximum atomic E-state index is 13.5. The third-order valence-corrected chi connectivity index (χ3v) is 9.05. The first-order valence-corrected chi connectivity index (χ1v) is 17.3. The fourth-order valence-corrected chi connectivity index (χ4v) is 6.08. The van der Waals surface area contributed by atoms with Crippen molar-refractivity contribution in [2.45, 2.75) is 65.0 Å². The highest BCUT2D eigenvalue weighted by atomic mass is 35.5. The van der Waals surface area contributed by atoms with Gasteiger partial charge in [0.1, 0.15) is 35.5 Å².